The Hall–Kier alpha value is -2.14. The standard InChI is InChI=1S/C16H17N3O2/c1-9-4-5-12-10(7-9)8-11-14(17-12)19-6-2-3-13(19)16(21)18-15(11)20/h4-5,7-8,13,15,20H,2-3,6H2,1H3,(H,18,21)/t13-,15+/m1/s1. The lowest BCUT2D eigenvalue weighted by atomic mass is 10.1. The van der Waals surface area contributed by atoms with Crippen LogP contribution in [0.15, 0.2) is 24.3 Å². The van der Waals surface area contributed by atoms with Gasteiger partial charge in [-0.15, -0.1) is 0 Å². The number of pyridine rings is 1. The van der Waals surface area contributed by atoms with E-state index in [1.807, 2.05) is 36.1 Å². The highest BCUT2D eigenvalue weighted by molar-refractivity contribution is 5.90. The monoisotopic (exact) mass is 283 g/mol. The van der Waals surface area contributed by atoms with Gasteiger partial charge in [-0.25, -0.2) is 4.98 Å². The van der Waals surface area contributed by atoms with Crippen molar-refractivity contribution in [3.05, 3.63) is 35.4 Å². The van der Waals surface area contributed by atoms with Crippen molar-refractivity contribution in [2.75, 3.05) is 11.4 Å². The van der Waals surface area contributed by atoms with Crippen LogP contribution >= 0.6 is 0 Å². The van der Waals surface area contributed by atoms with Crippen molar-refractivity contribution in [3.8, 4) is 0 Å². The number of anilines is 1. The van der Waals surface area contributed by atoms with Crippen molar-refractivity contribution in [2.45, 2.75) is 32.0 Å². The molecule has 1 aromatic heterocycles. The molecule has 21 heavy (non-hydrogen) atoms. The number of hydrogen-bond acceptors (Lipinski definition) is 4. The van der Waals surface area contributed by atoms with Gasteiger partial charge in [0.1, 0.15) is 11.9 Å². The lowest BCUT2D eigenvalue weighted by Crippen LogP contribution is -2.41. The van der Waals surface area contributed by atoms with Crippen molar-refractivity contribution in [3.63, 3.8) is 0 Å². The van der Waals surface area contributed by atoms with Crippen LogP contribution in [0.1, 0.15) is 30.2 Å². The van der Waals surface area contributed by atoms with Gasteiger partial charge in [0, 0.05) is 17.5 Å². The lowest BCUT2D eigenvalue weighted by molar-refractivity contribution is -0.124. The number of nitrogens with one attached hydrogen (secondary N) is 1. The van der Waals surface area contributed by atoms with E-state index in [0.29, 0.717) is 5.56 Å². The summed E-state index contributed by atoms with van der Waals surface area (Å²) in [6.07, 6.45) is 0.794. The third-order valence-electron chi connectivity index (χ3n) is 4.38. The number of nitrogens with zero attached hydrogens (tertiary/aromatic N) is 2. The molecule has 0 unspecified atom stereocenters. The van der Waals surface area contributed by atoms with E-state index >= 15 is 0 Å². The maximum atomic E-state index is 12.2. The summed E-state index contributed by atoms with van der Waals surface area (Å²) in [6, 6.07) is 7.79. The highest BCUT2D eigenvalue weighted by Crippen LogP contribution is 2.35. The first-order valence-corrected chi connectivity index (χ1v) is 7.30. The minimum atomic E-state index is -0.990. The smallest absolute Gasteiger partial charge is 0.245 e. The molecule has 2 aromatic rings. The van der Waals surface area contributed by atoms with E-state index in [2.05, 4.69) is 5.32 Å². The largest absolute Gasteiger partial charge is 0.369 e. The number of fused-ring (bicyclic) bond motifs is 4. The normalized spacial score (nSPS) is 24.5. The summed E-state index contributed by atoms with van der Waals surface area (Å²) in [5, 5.41) is 14.0. The summed E-state index contributed by atoms with van der Waals surface area (Å²) in [5.74, 6) is 0.623. The van der Waals surface area contributed by atoms with Crippen LogP contribution in [0.3, 0.4) is 0 Å². The van der Waals surface area contributed by atoms with Crippen LogP contribution in [-0.4, -0.2) is 28.6 Å². The van der Waals surface area contributed by atoms with Crippen LogP contribution in [0.25, 0.3) is 10.9 Å². The number of aryl methyl sites for hydroxylation is 1. The third kappa shape index (κ3) is 1.88. The van der Waals surface area contributed by atoms with Crippen molar-refractivity contribution in [1.82, 2.24) is 10.3 Å². The number of aromatic nitrogens is 1. The van der Waals surface area contributed by atoms with Gasteiger partial charge in [-0.1, -0.05) is 11.6 Å². The van der Waals surface area contributed by atoms with Crippen LogP contribution in [0.5, 0.6) is 0 Å². The maximum Gasteiger partial charge on any atom is 0.245 e. The van der Waals surface area contributed by atoms with E-state index in [-0.39, 0.29) is 11.9 Å². The van der Waals surface area contributed by atoms with E-state index in [0.717, 1.165) is 41.7 Å². The van der Waals surface area contributed by atoms with Crippen LogP contribution in [-0.2, 0) is 4.79 Å². The number of carbonyl (C=O) groups excluding carboxylic acids is 1. The second-order valence-corrected chi connectivity index (χ2v) is 5.86. The first-order chi connectivity index (χ1) is 10.1. The molecule has 3 heterocycles. The number of carbonyl (C=O) groups is 1. The van der Waals surface area contributed by atoms with Gasteiger partial charge in [0.05, 0.1) is 5.52 Å². The molecule has 2 aliphatic heterocycles. The topological polar surface area (TPSA) is 65.5 Å². The van der Waals surface area contributed by atoms with Gasteiger partial charge in [-0.05, 0) is 38.0 Å². The Morgan fingerprint density at radius 2 is 2.24 bits per heavy atom. The molecule has 4 rings (SSSR count). The molecule has 0 aliphatic carbocycles. The summed E-state index contributed by atoms with van der Waals surface area (Å²) < 4.78 is 0. The average Bonchev–Trinajstić information content (AvgIpc) is 2.91. The Morgan fingerprint density at radius 3 is 3.10 bits per heavy atom. The number of hydrogen-bond donors (Lipinski definition) is 2. The SMILES string of the molecule is Cc1ccc2nc3c(cc2c1)[C@H](O)NC(=O)[C@H]1CCCN31. The molecule has 1 saturated heterocycles. The van der Waals surface area contributed by atoms with E-state index in [1.165, 1.54) is 0 Å². The summed E-state index contributed by atoms with van der Waals surface area (Å²) in [4.78, 5) is 18.9. The molecule has 1 aromatic carbocycles. The molecule has 1 fully saturated rings. The predicted molar refractivity (Wildman–Crippen MR) is 80.0 cm³/mol. The molecule has 0 spiro atoms. The minimum absolute atomic E-state index is 0.113. The lowest BCUT2D eigenvalue weighted by Gasteiger charge is -2.23. The Bertz CT molecular complexity index is 744. The molecule has 2 atom stereocenters. The fourth-order valence-electron chi connectivity index (χ4n) is 3.33. The van der Waals surface area contributed by atoms with Crippen LogP contribution < -0.4 is 10.2 Å². The van der Waals surface area contributed by atoms with Gasteiger partial charge in [0.25, 0.3) is 0 Å². The molecule has 2 N–H and O–H groups in total. The number of benzene rings is 1. The van der Waals surface area contributed by atoms with Crippen LogP contribution in [0.4, 0.5) is 5.82 Å². The molecular formula is C16H17N3O2. The van der Waals surface area contributed by atoms with Gasteiger partial charge in [-0.2, -0.15) is 0 Å². The Kier molecular flexibility index (Phi) is 2.65. The Balaban J connectivity index is 1.96. The van der Waals surface area contributed by atoms with E-state index in [9.17, 15) is 9.90 Å². The number of rotatable bonds is 0. The zero-order valence-electron chi connectivity index (χ0n) is 11.8. The molecule has 1 amide bonds. The van der Waals surface area contributed by atoms with Crippen molar-refractivity contribution in [1.29, 1.82) is 0 Å². The number of aliphatic hydroxyl groups is 1. The first kappa shape index (κ1) is 12.6. The molecule has 0 radical (unpaired) electrons. The maximum absolute atomic E-state index is 12.2. The highest BCUT2D eigenvalue weighted by Gasteiger charge is 2.38. The van der Waals surface area contributed by atoms with Crippen LogP contribution in [0, 0.1) is 6.92 Å². The van der Waals surface area contributed by atoms with Gasteiger partial charge < -0.3 is 15.3 Å². The fourth-order valence-corrected chi connectivity index (χ4v) is 3.33. The molecule has 108 valence electrons. The third-order valence-corrected chi connectivity index (χ3v) is 4.38. The van der Waals surface area contributed by atoms with E-state index in [4.69, 9.17) is 4.98 Å². The molecule has 0 bridgehead atoms. The zero-order chi connectivity index (χ0) is 14.6. The Labute approximate surface area is 122 Å². The summed E-state index contributed by atoms with van der Waals surface area (Å²) in [7, 11) is 0. The second kappa shape index (κ2) is 4.43. The van der Waals surface area contributed by atoms with Crippen molar-refractivity contribution < 1.29 is 9.90 Å². The van der Waals surface area contributed by atoms with Crippen molar-refractivity contribution >= 4 is 22.6 Å². The predicted octanol–water partition coefficient (Wildman–Crippen LogP) is 1.63. The van der Waals surface area contributed by atoms with Gasteiger partial charge in [0.15, 0.2) is 6.23 Å². The van der Waals surface area contributed by atoms with Gasteiger partial charge in [-0.3, -0.25) is 4.79 Å². The van der Waals surface area contributed by atoms with E-state index < -0.39 is 6.23 Å². The van der Waals surface area contributed by atoms with Crippen LogP contribution in [0.2, 0.25) is 0 Å². The average molecular weight is 283 g/mol. The molecule has 2 aliphatic rings. The zero-order valence-corrected chi connectivity index (χ0v) is 11.8. The first-order valence-electron chi connectivity index (χ1n) is 7.30. The van der Waals surface area contributed by atoms with Crippen molar-refractivity contribution in [2.24, 2.45) is 0 Å². The summed E-state index contributed by atoms with van der Waals surface area (Å²) in [5.41, 5.74) is 2.73. The molecule has 5 heteroatoms. The fraction of sp³-hybridized carbons (Fsp3) is 0.375. The van der Waals surface area contributed by atoms with E-state index in [1.54, 1.807) is 0 Å². The summed E-state index contributed by atoms with van der Waals surface area (Å²) >= 11 is 0. The molecule has 5 nitrogen and oxygen atoms in total. The minimum Gasteiger partial charge on any atom is -0.369 e. The molecular weight excluding hydrogens is 266 g/mol. The second-order valence-electron chi connectivity index (χ2n) is 5.86. The number of aliphatic hydroxyl groups excluding tert-OH is 1. The Morgan fingerprint density at radius 1 is 1.38 bits per heavy atom. The quantitative estimate of drug-likeness (QED) is 0.771. The van der Waals surface area contributed by atoms with Gasteiger partial charge in [0.2, 0.25) is 5.91 Å². The summed E-state index contributed by atoms with van der Waals surface area (Å²) in [6.45, 7) is 2.84. The highest BCUT2D eigenvalue weighted by atomic mass is 16.3. The number of amides is 1. The molecule has 0 saturated carbocycles. The van der Waals surface area contributed by atoms with Gasteiger partial charge >= 0.3 is 0 Å².